The number of carbonyl (C=O) groups is 2. The van der Waals surface area contributed by atoms with Crippen molar-refractivity contribution in [2.24, 2.45) is 0 Å². The van der Waals surface area contributed by atoms with Crippen molar-refractivity contribution in [3.8, 4) is 10.8 Å². The largest absolute Gasteiger partial charge is 0.418 e. The Bertz CT molecular complexity index is 1260. The van der Waals surface area contributed by atoms with E-state index in [1.807, 2.05) is 60.1 Å². The van der Waals surface area contributed by atoms with Crippen LogP contribution in [0.1, 0.15) is 31.9 Å². The van der Waals surface area contributed by atoms with Crippen LogP contribution in [-0.2, 0) is 16.1 Å². The minimum Gasteiger partial charge on any atom is -0.418 e. The molecule has 174 valence electrons. The van der Waals surface area contributed by atoms with Crippen LogP contribution in [0.5, 0.6) is 0 Å². The van der Waals surface area contributed by atoms with Crippen LogP contribution in [0.3, 0.4) is 0 Å². The molecule has 0 radical (unpaired) electrons. The number of amides is 2. The molecule has 0 unspecified atom stereocenters. The molecular weight excluding hydrogens is 470 g/mol. The molecule has 0 saturated heterocycles. The van der Waals surface area contributed by atoms with Gasteiger partial charge in [-0.2, -0.15) is 0 Å². The Labute approximate surface area is 205 Å². The van der Waals surface area contributed by atoms with Gasteiger partial charge in [-0.15, -0.1) is 32.9 Å². The maximum Gasteiger partial charge on any atom is 0.257 e. The Kier molecular flexibility index (Phi) is 7.61. The SMILES string of the molecule is CCCN(Cc1nnc(-c2cccs2)o1)C(=O)/C=C/c1csc(N(C(C)=O)c2ccccc2)n1. The topological polar surface area (TPSA) is 92.4 Å². The van der Waals surface area contributed by atoms with E-state index in [9.17, 15) is 9.59 Å². The Morgan fingerprint density at radius 3 is 2.62 bits per heavy atom. The molecule has 34 heavy (non-hydrogen) atoms. The van der Waals surface area contributed by atoms with Crippen molar-refractivity contribution in [2.75, 3.05) is 11.4 Å². The van der Waals surface area contributed by atoms with Crippen molar-refractivity contribution in [2.45, 2.75) is 26.8 Å². The highest BCUT2D eigenvalue weighted by Gasteiger charge is 2.18. The number of rotatable bonds is 9. The molecule has 10 heteroatoms. The standard InChI is InChI=1S/C24H23N5O3S2/c1-3-13-28(15-21-26-27-23(32-21)20-10-7-14-33-20)22(31)12-11-18-16-34-24(25-18)29(17(2)30)19-8-5-4-6-9-19/h4-12,14,16H,3,13,15H2,1-2H3/b12-11+. The normalized spacial score (nSPS) is 11.1. The molecule has 0 aliphatic carbocycles. The second-order valence-corrected chi connectivity index (χ2v) is 9.10. The van der Waals surface area contributed by atoms with Gasteiger partial charge in [-0.3, -0.25) is 14.5 Å². The van der Waals surface area contributed by atoms with Crippen LogP contribution < -0.4 is 4.90 Å². The number of hydrogen-bond donors (Lipinski definition) is 0. The summed E-state index contributed by atoms with van der Waals surface area (Å²) in [4.78, 5) is 33.7. The molecule has 0 fully saturated rings. The van der Waals surface area contributed by atoms with E-state index in [1.165, 1.54) is 35.7 Å². The predicted molar refractivity (Wildman–Crippen MR) is 134 cm³/mol. The van der Waals surface area contributed by atoms with E-state index in [0.717, 1.165) is 17.0 Å². The van der Waals surface area contributed by atoms with Gasteiger partial charge in [0.2, 0.25) is 17.7 Å². The maximum atomic E-state index is 12.9. The lowest BCUT2D eigenvalue weighted by Gasteiger charge is -2.18. The number of anilines is 2. The molecule has 0 bridgehead atoms. The number of thiophene rings is 1. The van der Waals surface area contributed by atoms with E-state index >= 15 is 0 Å². The smallest absolute Gasteiger partial charge is 0.257 e. The van der Waals surface area contributed by atoms with Crippen molar-refractivity contribution in [1.82, 2.24) is 20.1 Å². The summed E-state index contributed by atoms with van der Waals surface area (Å²) in [6.07, 6.45) is 3.92. The zero-order valence-electron chi connectivity index (χ0n) is 18.7. The first-order valence-electron chi connectivity index (χ1n) is 10.7. The first kappa shape index (κ1) is 23.5. The lowest BCUT2D eigenvalue weighted by atomic mass is 10.3. The van der Waals surface area contributed by atoms with E-state index in [-0.39, 0.29) is 18.4 Å². The summed E-state index contributed by atoms with van der Waals surface area (Å²) in [5.74, 6) is 0.517. The molecule has 3 heterocycles. The fourth-order valence-electron chi connectivity index (χ4n) is 3.24. The van der Waals surface area contributed by atoms with Crippen molar-refractivity contribution in [1.29, 1.82) is 0 Å². The van der Waals surface area contributed by atoms with Gasteiger partial charge in [0.25, 0.3) is 5.89 Å². The molecule has 0 aliphatic heterocycles. The highest BCUT2D eigenvalue weighted by Crippen LogP contribution is 2.29. The molecule has 0 saturated carbocycles. The second-order valence-electron chi connectivity index (χ2n) is 7.32. The van der Waals surface area contributed by atoms with Gasteiger partial charge in [0.15, 0.2) is 5.13 Å². The molecular formula is C24H23N5O3S2. The maximum absolute atomic E-state index is 12.9. The summed E-state index contributed by atoms with van der Waals surface area (Å²) in [6, 6.07) is 13.2. The number of nitrogens with zero attached hydrogens (tertiary/aromatic N) is 5. The zero-order valence-corrected chi connectivity index (χ0v) is 20.4. The van der Waals surface area contributed by atoms with Gasteiger partial charge in [-0.05, 0) is 36.1 Å². The molecule has 0 N–H and O–H groups in total. The number of carbonyl (C=O) groups excluding carboxylic acids is 2. The third-order valence-corrected chi connectivity index (χ3v) is 6.46. The van der Waals surface area contributed by atoms with E-state index in [1.54, 1.807) is 15.9 Å². The van der Waals surface area contributed by atoms with E-state index in [4.69, 9.17) is 4.42 Å². The van der Waals surface area contributed by atoms with E-state index in [0.29, 0.717) is 29.2 Å². The lowest BCUT2D eigenvalue weighted by Crippen LogP contribution is -2.29. The number of thiazole rings is 1. The molecule has 0 atom stereocenters. The molecule has 4 rings (SSSR count). The fraction of sp³-hybridized carbons (Fsp3) is 0.208. The van der Waals surface area contributed by atoms with Crippen molar-refractivity contribution in [3.63, 3.8) is 0 Å². The van der Waals surface area contributed by atoms with Crippen LogP contribution >= 0.6 is 22.7 Å². The molecule has 8 nitrogen and oxygen atoms in total. The van der Waals surface area contributed by atoms with Gasteiger partial charge in [0.05, 0.1) is 22.8 Å². The summed E-state index contributed by atoms with van der Waals surface area (Å²) in [5.41, 5.74) is 1.34. The molecule has 3 aromatic heterocycles. The molecule has 0 aliphatic rings. The second kappa shape index (κ2) is 11.0. The molecule has 2 amide bonds. The Balaban J connectivity index is 1.45. The minimum absolute atomic E-state index is 0.136. The van der Waals surface area contributed by atoms with Crippen molar-refractivity contribution >= 4 is 51.4 Å². The summed E-state index contributed by atoms with van der Waals surface area (Å²) < 4.78 is 5.73. The minimum atomic E-state index is -0.182. The average molecular weight is 494 g/mol. The zero-order chi connectivity index (χ0) is 23.9. The fourth-order valence-corrected chi connectivity index (χ4v) is 4.74. The Morgan fingerprint density at radius 2 is 1.91 bits per heavy atom. The number of para-hydroxylation sites is 1. The van der Waals surface area contributed by atoms with Crippen molar-refractivity contribution in [3.05, 3.63) is 70.9 Å². The number of hydrogen-bond acceptors (Lipinski definition) is 8. The summed E-state index contributed by atoms with van der Waals surface area (Å²) in [5, 5.41) is 12.5. The van der Waals surface area contributed by atoms with Crippen LogP contribution in [-0.4, -0.2) is 38.4 Å². The van der Waals surface area contributed by atoms with Gasteiger partial charge in [0, 0.05) is 24.9 Å². The van der Waals surface area contributed by atoms with Gasteiger partial charge in [0.1, 0.15) is 0 Å². The Hall–Kier alpha value is -3.63. The number of aromatic nitrogens is 3. The van der Waals surface area contributed by atoms with Crippen LogP contribution in [0, 0.1) is 0 Å². The monoisotopic (exact) mass is 493 g/mol. The van der Waals surface area contributed by atoms with Crippen molar-refractivity contribution < 1.29 is 14.0 Å². The van der Waals surface area contributed by atoms with Gasteiger partial charge in [-0.25, -0.2) is 4.98 Å². The van der Waals surface area contributed by atoms with Crippen LogP contribution in [0.25, 0.3) is 16.8 Å². The highest BCUT2D eigenvalue weighted by molar-refractivity contribution is 7.14. The predicted octanol–water partition coefficient (Wildman–Crippen LogP) is 5.39. The first-order chi connectivity index (χ1) is 16.5. The Morgan fingerprint density at radius 1 is 1.09 bits per heavy atom. The van der Waals surface area contributed by atoms with Crippen LogP contribution in [0.15, 0.2) is 63.7 Å². The van der Waals surface area contributed by atoms with E-state index in [2.05, 4.69) is 15.2 Å². The van der Waals surface area contributed by atoms with Gasteiger partial charge in [-0.1, -0.05) is 31.2 Å². The average Bonchev–Trinajstić information content (AvgIpc) is 3.60. The number of benzene rings is 1. The highest BCUT2D eigenvalue weighted by atomic mass is 32.1. The lowest BCUT2D eigenvalue weighted by molar-refractivity contribution is -0.126. The van der Waals surface area contributed by atoms with Gasteiger partial charge >= 0.3 is 0 Å². The summed E-state index contributed by atoms with van der Waals surface area (Å²) in [6.45, 7) is 4.27. The van der Waals surface area contributed by atoms with Crippen LogP contribution in [0.4, 0.5) is 10.8 Å². The quantitative estimate of drug-likeness (QED) is 0.290. The molecule has 1 aromatic carbocycles. The van der Waals surface area contributed by atoms with E-state index < -0.39 is 0 Å². The van der Waals surface area contributed by atoms with Gasteiger partial charge < -0.3 is 9.32 Å². The third kappa shape index (κ3) is 5.64. The summed E-state index contributed by atoms with van der Waals surface area (Å²) in [7, 11) is 0. The van der Waals surface area contributed by atoms with Crippen LogP contribution in [0.2, 0.25) is 0 Å². The summed E-state index contributed by atoms with van der Waals surface area (Å²) >= 11 is 2.86. The molecule has 0 spiro atoms. The third-order valence-electron chi connectivity index (χ3n) is 4.76. The first-order valence-corrected chi connectivity index (χ1v) is 12.5. The molecule has 4 aromatic rings.